The highest BCUT2D eigenvalue weighted by Crippen LogP contribution is 2.17. The van der Waals surface area contributed by atoms with Gasteiger partial charge in [-0.25, -0.2) is 4.98 Å². The maximum Gasteiger partial charge on any atom is 0.203 e. The molecule has 0 bridgehead atoms. The molecule has 0 radical (unpaired) electrons. The molecule has 2 aromatic heterocycles. The second-order valence-electron chi connectivity index (χ2n) is 3.83. The average Bonchev–Trinajstić information content (AvgIpc) is 2.69. The summed E-state index contributed by atoms with van der Waals surface area (Å²) in [6, 6.07) is -0.00398. The zero-order valence-corrected chi connectivity index (χ0v) is 9.62. The fourth-order valence-corrected chi connectivity index (χ4v) is 1.51. The lowest BCUT2D eigenvalue weighted by molar-refractivity contribution is 0.270. The molecule has 2 heterocycles. The third-order valence-electron chi connectivity index (χ3n) is 2.74. The minimum atomic E-state index is -0.00398. The van der Waals surface area contributed by atoms with E-state index in [-0.39, 0.29) is 12.6 Å². The fourth-order valence-electron chi connectivity index (χ4n) is 1.51. The molecule has 16 heavy (non-hydrogen) atoms. The molecular weight excluding hydrogens is 206 g/mol. The van der Waals surface area contributed by atoms with E-state index in [1.54, 1.807) is 6.20 Å². The number of anilines is 1. The summed E-state index contributed by atoms with van der Waals surface area (Å²) in [5.74, 6) is 1.55. The first-order valence-corrected chi connectivity index (χ1v) is 5.15. The number of aromatic nitrogens is 4. The molecule has 1 atom stereocenters. The summed E-state index contributed by atoms with van der Waals surface area (Å²) in [6.45, 7) is 3.89. The Balaban J connectivity index is 2.52. The third-order valence-corrected chi connectivity index (χ3v) is 2.74. The Morgan fingerprint density at radius 1 is 1.50 bits per heavy atom. The molecule has 0 saturated heterocycles. The lowest BCUT2D eigenvalue weighted by Crippen LogP contribution is -2.32. The predicted octanol–water partition coefficient (Wildman–Crippen LogP) is 0.250. The molecule has 2 rings (SSSR count). The van der Waals surface area contributed by atoms with Gasteiger partial charge in [-0.1, -0.05) is 0 Å². The third kappa shape index (κ3) is 1.61. The second kappa shape index (κ2) is 4.05. The van der Waals surface area contributed by atoms with Gasteiger partial charge in [0.05, 0.1) is 12.6 Å². The summed E-state index contributed by atoms with van der Waals surface area (Å²) in [5.41, 5.74) is 0.711. The Kier molecular flexibility index (Phi) is 2.74. The number of fused-ring (bicyclic) bond motifs is 1. The van der Waals surface area contributed by atoms with Crippen LogP contribution in [0.5, 0.6) is 0 Å². The molecule has 6 heteroatoms. The summed E-state index contributed by atoms with van der Waals surface area (Å²) in [7, 11) is 1.88. The van der Waals surface area contributed by atoms with Gasteiger partial charge in [-0.05, 0) is 13.8 Å². The topological polar surface area (TPSA) is 66.5 Å². The van der Waals surface area contributed by atoms with Crippen LogP contribution in [0.25, 0.3) is 5.65 Å². The van der Waals surface area contributed by atoms with Crippen molar-refractivity contribution in [3.05, 3.63) is 18.2 Å². The molecule has 0 fully saturated rings. The molecular formula is C10H15N5O. The molecule has 1 unspecified atom stereocenters. The number of likely N-dealkylation sites (N-methyl/N-ethyl adjacent to an activating group) is 1. The SMILES string of the molecule is Cc1nnc2c(N(C)C(C)CO)nccn12. The monoisotopic (exact) mass is 221 g/mol. The van der Waals surface area contributed by atoms with Crippen LogP contribution < -0.4 is 4.90 Å². The summed E-state index contributed by atoms with van der Waals surface area (Å²) >= 11 is 0. The number of aryl methyl sites for hydroxylation is 1. The van der Waals surface area contributed by atoms with Crippen molar-refractivity contribution < 1.29 is 5.11 Å². The highest BCUT2D eigenvalue weighted by Gasteiger charge is 2.15. The molecule has 0 amide bonds. The van der Waals surface area contributed by atoms with Gasteiger partial charge in [0.1, 0.15) is 5.82 Å². The van der Waals surface area contributed by atoms with Gasteiger partial charge in [0.25, 0.3) is 0 Å². The summed E-state index contributed by atoms with van der Waals surface area (Å²) < 4.78 is 1.88. The lowest BCUT2D eigenvalue weighted by atomic mass is 10.3. The Morgan fingerprint density at radius 2 is 2.25 bits per heavy atom. The highest BCUT2D eigenvalue weighted by atomic mass is 16.3. The number of nitrogens with zero attached hydrogens (tertiary/aromatic N) is 5. The van der Waals surface area contributed by atoms with E-state index in [1.807, 2.05) is 36.4 Å². The van der Waals surface area contributed by atoms with Gasteiger partial charge < -0.3 is 10.0 Å². The van der Waals surface area contributed by atoms with Crippen molar-refractivity contribution in [1.29, 1.82) is 0 Å². The van der Waals surface area contributed by atoms with Crippen LogP contribution in [0.1, 0.15) is 12.7 Å². The van der Waals surface area contributed by atoms with Crippen LogP contribution in [-0.2, 0) is 0 Å². The number of aliphatic hydroxyl groups is 1. The molecule has 0 aromatic carbocycles. The van der Waals surface area contributed by atoms with Crippen LogP contribution in [-0.4, -0.2) is 44.4 Å². The van der Waals surface area contributed by atoms with E-state index in [4.69, 9.17) is 5.11 Å². The smallest absolute Gasteiger partial charge is 0.203 e. The van der Waals surface area contributed by atoms with Crippen molar-refractivity contribution in [3.8, 4) is 0 Å². The maximum absolute atomic E-state index is 9.13. The average molecular weight is 221 g/mol. The van der Waals surface area contributed by atoms with Crippen molar-refractivity contribution in [3.63, 3.8) is 0 Å². The van der Waals surface area contributed by atoms with Gasteiger partial charge in [0.15, 0.2) is 5.82 Å². The molecule has 2 aromatic rings. The fraction of sp³-hybridized carbons (Fsp3) is 0.500. The van der Waals surface area contributed by atoms with Gasteiger partial charge in [-0.15, -0.1) is 10.2 Å². The summed E-state index contributed by atoms with van der Waals surface area (Å²) in [5, 5.41) is 17.2. The normalized spacial score (nSPS) is 13.0. The lowest BCUT2D eigenvalue weighted by Gasteiger charge is -2.23. The molecule has 86 valence electrons. The van der Waals surface area contributed by atoms with E-state index < -0.39 is 0 Å². The largest absolute Gasteiger partial charge is 0.394 e. The van der Waals surface area contributed by atoms with Gasteiger partial charge >= 0.3 is 0 Å². The standard InChI is InChI=1S/C10H15N5O/c1-7(6-16)14(3)9-10-13-12-8(2)15(10)5-4-11-9/h4-5,7,16H,6H2,1-3H3. The first kappa shape index (κ1) is 10.8. The van der Waals surface area contributed by atoms with Crippen LogP contribution in [0.2, 0.25) is 0 Å². The Labute approximate surface area is 93.6 Å². The van der Waals surface area contributed by atoms with Gasteiger partial charge in [0, 0.05) is 19.4 Å². The van der Waals surface area contributed by atoms with Crippen molar-refractivity contribution in [1.82, 2.24) is 19.6 Å². The Hall–Kier alpha value is -1.69. The van der Waals surface area contributed by atoms with E-state index >= 15 is 0 Å². The van der Waals surface area contributed by atoms with Crippen LogP contribution >= 0.6 is 0 Å². The molecule has 0 aliphatic rings. The molecule has 0 spiro atoms. The van der Waals surface area contributed by atoms with Gasteiger partial charge in [-0.3, -0.25) is 4.40 Å². The van der Waals surface area contributed by atoms with Crippen molar-refractivity contribution in [2.24, 2.45) is 0 Å². The maximum atomic E-state index is 9.13. The number of aliphatic hydroxyl groups excluding tert-OH is 1. The Bertz CT molecular complexity index is 495. The van der Waals surface area contributed by atoms with Crippen LogP contribution in [0.15, 0.2) is 12.4 Å². The van der Waals surface area contributed by atoms with Crippen molar-refractivity contribution >= 4 is 11.5 Å². The zero-order chi connectivity index (χ0) is 11.7. The number of hydrogen-bond donors (Lipinski definition) is 1. The first-order valence-electron chi connectivity index (χ1n) is 5.15. The van der Waals surface area contributed by atoms with Crippen LogP contribution in [0, 0.1) is 6.92 Å². The number of rotatable bonds is 3. The minimum Gasteiger partial charge on any atom is -0.394 e. The van der Waals surface area contributed by atoms with Gasteiger partial charge in [-0.2, -0.15) is 0 Å². The minimum absolute atomic E-state index is 0.00398. The zero-order valence-electron chi connectivity index (χ0n) is 9.62. The summed E-state index contributed by atoms with van der Waals surface area (Å²) in [6.07, 6.45) is 3.53. The predicted molar refractivity (Wildman–Crippen MR) is 60.5 cm³/mol. The first-order chi connectivity index (χ1) is 7.65. The Morgan fingerprint density at radius 3 is 2.94 bits per heavy atom. The summed E-state index contributed by atoms with van der Waals surface area (Å²) in [4.78, 5) is 6.17. The molecule has 0 saturated carbocycles. The van der Waals surface area contributed by atoms with Crippen LogP contribution in [0.4, 0.5) is 5.82 Å². The van der Waals surface area contributed by atoms with Gasteiger partial charge in [0.2, 0.25) is 5.65 Å². The highest BCUT2D eigenvalue weighted by molar-refractivity contribution is 5.63. The van der Waals surface area contributed by atoms with Crippen molar-refractivity contribution in [2.75, 3.05) is 18.6 Å². The van der Waals surface area contributed by atoms with Crippen LogP contribution in [0.3, 0.4) is 0 Å². The quantitative estimate of drug-likeness (QED) is 0.804. The van der Waals surface area contributed by atoms with E-state index in [9.17, 15) is 0 Å². The molecule has 0 aliphatic carbocycles. The molecule has 1 N–H and O–H groups in total. The van der Waals surface area contributed by atoms with E-state index in [1.165, 1.54) is 0 Å². The van der Waals surface area contributed by atoms with E-state index in [0.717, 1.165) is 11.6 Å². The number of hydrogen-bond acceptors (Lipinski definition) is 5. The van der Waals surface area contributed by atoms with Crippen molar-refractivity contribution in [2.45, 2.75) is 19.9 Å². The molecule has 6 nitrogen and oxygen atoms in total. The second-order valence-corrected chi connectivity index (χ2v) is 3.83. The van der Waals surface area contributed by atoms with E-state index in [0.29, 0.717) is 5.65 Å². The van der Waals surface area contributed by atoms with E-state index in [2.05, 4.69) is 15.2 Å². The molecule has 0 aliphatic heterocycles.